The summed E-state index contributed by atoms with van der Waals surface area (Å²) in [4.78, 5) is 20.0. The minimum Gasteiger partial charge on any atom is -0.481 e. The molecule has 0 aliphatic carbocycles. The number of hydrogen-bond acceptors (Lipinski definition) is 4. The smallest absolute Gasteiger partial charge is 0.306 e. The Bertz CT molecular complexity index is 750. The minimum atomic E-state index is -0.670. The fourth-order valence-corrected chi connectivity index (χ4v) is 3.74. The van der Waals surface area contributed by atoms with Gasteiger partial charge in [-0.1, -0.05) is 12.1 Å². The molecule has 0 bridgehead atoms. The first kappa shape index (κ1) is 18.4. The highest BCUT2D eigenvalue weighted by atomic mass is 16.4. The van der Waals surface area contributed by atoms with Gasteiger partial charge in [-0.3, -0.25) is 14.7 Å². The third kappa shape index (κ3) is 3.88. The molecule has 0 spiro atoms. The highest BCUT2D eigenvalue weighted by Gasteiger charge is 2.30. The number of aryl methyl sites for hydroxylation is 1. The lowest BCUT2D eigenvalue weighted by molar-refractivity contribution is -0.143. The number of benzene rings is 1. The second-order valence-corrected chi connectivity index (χ2v) is 7.27. The SMILES string of the molecule is Cc1cnccc1C(c1ccc(N(C)C)cc1)N1CCC(C(=O)O)CC1. The van der Waals surface area contributed by atoms with Crippen LogP contribution in [0.4, 0.5) is 5.69 Å². The van der Waals surface area contributed by atoms with Crippen molar-refractivity contribution in [2.75, 3.05) is 32.1 Å². The van der Waals surface area contributed by atoms with Crippen molar-refractivity contribution >= 4 is 11.7 Å². The largest absolute Gasteiger partial charge is 0.481 e. The number of nitrogens with zero attached hydrogens (tertiary/aromatic N) is 3. The molecule has 1 aliphatic heterocycles. The molecule has 1 aromatic heterocycles. The van der Waals surface area contributed by atoms with E-state index in [1.54, 1.807) is 0 Å². The summed E-state index contributed by atoms with van der Waals surface area (Å²) in [5.41, 5.74) is 4.81. The molecule has 1 fully saturated rings. The zero-order valence-corrected chi connectivity index (χ0v) is 15.7. The molecule has 1 atom stereocenters. The Kier molecular flexibility index (Phi) is 5.57. The van der Waals surface area contributed by atoms with Crippen LogP contribution < -0.4 is 4.90 Å². The first-order valence-corrected chi connectivity index (χ1v) is 9.12. The summed E-state index contributed by atoms with van der Waals surface area (Å²) in [5, 5.41) is 9.29. The molecule has 3 rings (SSSR count). The number of aliphatic carboxylic acids is 1. The number of carboxylic acids is 1. The summed E-state index contributed by atoms with van der Waals surface area (Å²) in [6, 6.07) is 10.9. The molecule has 0 saturated carbocycles. The van der Waals surface area contributed by atoms with Crippen LogP contribution >= 0.6 is 0 Å². The number of hydrogen-bond donors (Lipinski definition) is 1. The lowest BCUT2D eigenvalue weighted by Crippen LogP contribution is -2.39. The zero-order valence-electron chi connectivity index (χ0n) is 15.7. The van der Waals surface area contributed by atoms with Gasteiger partial charge in [-0.15, -0.1) is 0 Å². The van der Waals surface area contributed by atoms with Crippen LogP contribution in [0.3, 0.4) is 0 Å². The van der Waals surface area contributed by atoms with Crippen LogP contribution in [0.15, 0.2) is 42.7 Å². The van der Waals surface area contributed by atoms with Crippen molar-refractivity contribution in [1.82, 2.24) is 9.88 Å². The molecule has 26 heavy (non-hydrogen) atoms. The van der Waals surface area contributed by atoms with E-state index in [1.165, 1.54) is 16.8 Å². The number of rotatable bonds is 5. The van der Waals surface area contributed by atoms with Crippen LogP contribution in [0.5, 0.6) is 0 Å². The third-order valence-corrected chi connectivity index (χ3v) is 5.33. The number of pyridine rings is 1. The van der Waals surface area contributed by atoms with E-state index >= 15 is 0 Å². The lowest BCUT2D eigenvalue weighted by Gasteiger charge is -2.37. The maximum atomic E-state index is 11.3. The van der Waals surface area contributed by atoms with Crippen LogP contribution in [0.1, 0.15) is 35.6 Å². The molecule has 5 nitrogen and oxygen atoms in total. The normalized spacial score (nSPS) is 17.0. The van der Waals surface area contributed by atoms with Crippen LogP contribution in [0.2, 0.25) is 0 Å². The predicted octanol–water partition coefficient (Wildman–Crippen LogP) is 3.34. The van der Waals surface area contributed by atoms with E-state index in [9.17, 15) is 9.90 Å². The Morgan fingerprint density at radius 1 is 1.19 bits per heavy atom. The molecule has 2 aromatic rings. The first-order chi connectivity index (χ1) is 12.5. The van der Waals surface area contributed by atoms with Crippen molar-refractivity contribution in [3.05, 3.63) is 59.4 Å². The maximum absolute atomic E-state index is 11.3. The highest BCUT2D eigenvalue weighted by Crippen LogP contribution is 2.34. The van der Waals surface area contributed by atoms with Gasteiger partial charge in [0.05, 0.1) is 12.0 Å². The van der Waals surface area contributed by atoms with E-state index in [0.717, 1.165) is 18.7 Å². The van der Waals surface area contributed by atoms with Crippen molar-refractivity contribution in [3.63, 3.8) is 0 Å². The Hall–Kier alpha value is -2.40. The van der Waals surface area contributed by atoms with Crippen LogP contribution in [0.25, 0.3) is 0 Å². The van der Waals surface area contributed by atoms with E-state index in [2.05, 4.69) is 52.0 Å². The van der Waals surface area contributed by atoms with E-state index in [0.29, 0.717) is 12.8 Å². The zero-order chi connectivity index (χ0) is 18.7. The Morgan fingerprint density at radius 2 is 1.85 bits per heavy atom. The van der Waals surface area contributed by atoms with Crippen LogP contribution in [-0.4, -0.2) is 48.1 Å². The standard InChI is InChI=1S/C21H27N3O2/c1-15-14-22-11-8-19(15)20(16-4-6-18(7-5-16)23(2)3)24-12-9-17(10-13-24)21(25)26/h4-8,11,14,17,20H,9-10,12-13H2,1-3H3,(H,25,26). The molecule has 5 heteroatoms. The molecule has 138 valence electrons. The Labute approximate surface area is 155 Å². The molecular formula is C21H27N3O2. The maximum Gasteiger partial charge on any atom is 0.306 e. The summed E-state index contributed by atoms with van der Waals surface area (Å²) in [6.45, 7) is 3.67. The summed E-state index contributed by atoms with van der Waals surface area (Å²) >= 11 is 0. The number of anilines is 1. The number of aromatic nitrogens is 1. The second-order valence-electron chi connectivity index (χ2n) is 7.27. The van der Waals surface area contributed by atoms with Crippen molar-refractivity contribution in [1.29, 1.82) is 0 Å². The summed E-state index contributed by atoms with van der Waals surface area (Å²) in [6.07, 6.45) is 5.14. The van der Waals surface area contributed by atoms with Crippen LogP contribution in [-0.2, 0) is 4.79 Å². The lowest BCUT2D eigenvalue weighted by atomic mass is 9.90. The third-order valence-electron chi connectivity index (χ3n) is 5.33. The van der Waals surface area contributed by atoms with Crippen molar-refractivity contribution < 1.29 is 9.90 Å². The second kappa shape index (κ2) is 7.87. The van der Waals surface area contributed by atoms with Gasteiger partial charge in [-0.2, -0.15) is 0 Å². The first-order valence-electron chi connectivity index (χ1n) is 9.12. The van der Waals surface area contributed by atoms with Gasteiger partial charge in [0, 0.05) is 32.2 Å². The van der Waals surface area contributed by atoms with E-state index in [-0.39, 0.29) is 12.0 Å². The van der Waals surface area contributed by atoms with E-state index in [1.807, 2.05) is 26.5 Å². The molecule has 2 heterocycles. The average Bonchev–Trinajstić information content (AvgIpc) is 2.64. The highest BCUT2D eigenvalue weighted by molar-refractivity contribution is 5.70. The molecule has 1 aliphatic rings. The quantitative estimate of drug-likeness (QED) is 0.893. The van der Waals surface area contributed by atoms with Gasteiger partial charge < -0.3 is 10.0 Å². The van der Waals surface area contributed by atoms with Gasteiger partial charge in [0.1, 0.15) is 0 Å². The van der Waals surface area contributed by atoms with Crippen LogP contribution in [0, 0.1) is 12.8 Å². The van der Waals surface area contributed by atoms with Crippen molar-refractivity contribution in [3.8, 4) is 0 Å². The average molecular weight is 353 g/mol. The van der Waals surface area contributed by atoms with Crippen molar-refractivity contribution in [2.24, 2.45) is 5.92 Å². The summed E-state index contributed by atoms with van der Waals surface area (Å²) < 4.78 is 0. The van der Waals surface area contributed by atoms with Gasteiger partial charge in [0.25, 0.3) is 0 Å². The number of carboxylic acid groups (broad SMARTS) is 1. The Balaban J connectivity index is 1.93. The summed E-state index contributed by atoms with van der Waals surface area (Å²) in [5.74, 6) is -0.891. The molecule has 1 unspecified atom stereocenters. The number of likely N-dealkylation sites (tertiary alicyclic amines) is 1. The fraction of sp³-hybridized carbons (Fsp3) is 0.429. The van der Waals surface area contributed by atoms with E-state index < -0.39 is 5.97 Å². The van der Waals surface area contributed by atoms with Gasteiger partial charge in [0.2, 0.25) is 0 Å². The molecule has 0 amide bonds. The predicted molar refractivity (Wildman–Crippen MR) is 104 cm³/mol. The van der Waals surface area contributed by atoms with Gasteiger partial charge in [-0.05, 0) is 67.7 Å². The van der Waals surface area contributed by atoms with Crippen molar-refractivity contribution in [2.45, 2.75) is 25.8 Å². The molecule has 0 radical (unpaired) electrons. The monoisotopic (exact) mass is 353 g/mol. The minimum absolute atomic E-state index is 0.129. The number of piperidine rings is 1. The molecular weight excluding hydrogens is 326 g/mol. The topological polar surface area (TPSA) is 56.7 Å². The van der Waals surface area contributed by atoms with Gasteiger partial charge >= 0.3 is 5.97 Å². The summed E-state index contributed by atoms with van der Waals surface area (Å²) in [7, 11) is 4.08. The van der Waals surface area contributed by atoms with E-state index in [4.69, 9.17) is 0 Å². The molecule has 1 saturated heterocycles. The van der Waals surface area contributed by atoms with Gasteiger partial charge in [0.15, 0.2) is 0 Å². The fourth-order valence-electron chi connectivity index (χ4n) is 3.74. The Morgan fingerprint density at radius 3 is 2.38 bits per heavy atom. The number of carbonyl (C=O) groups is 1. The molecule has 1 aromatic carbocycles. The molecule has 1 N–H and O–H groups in total. The van der Waals surface area contributed by atoms with Gasteiger partial charge in [-0.25, -0.2) is 0 Å².